The second-order valence-electron chi connectivity index (χ2n) is 4.36. The summed E-state index contributed by atoms with van der Waals surface area (Å²) in [4.78, 5) is 15.3. The quantitative estimate of drug-likeness (QED) is 0.837. The van der Waals surface area contributed by atoms with Gasteiger partial charge in [-0.15, -0.1) is 0 Å². The van der Waals surface area contributed by atoms with Crippen LogP contribution in [-0.4, -0.2) is 25.7 Å². The number of rotatable bonds is 3. The summed E-state index contributed by atoms with van der Waals surface area (Å²) in [7, 11) is 0. The Hall–Kier alpha value is -1.91. The molecule has 1 fully saturated rings. The second-order valence-corrected chi connectivity index (χ2v) is 4.36. The van der Waals surface area contributed by atoms with Gasteiger partial charge in [-0.25, -0.2) is 9.50 Å². The summed E-state index contributed by atoms with van der Waals surface area (Å²) in [5.74, 6) is -0.701. The molecule has 16 heavy (non-hydrogen) atoms. The maximum absolute atomic E-state index is 11.1. The molecule has 2 heterocycles. The number of nitrogens with zero attached hydrogens (tertiary/aromatic N) is 3. The van der Waals surface area contributed by atoms with E-state index in [1.54, 1.807) is 16.9 Å². The van der Waals surface area contributed by atoms with Gasteiger partial charge in [-0.2, -0.15) is 5.10 Å². The molecule has 0 aliphatic heterocycles. The third kappa shape index (κ3) is 1.36. The molecule has 82 valence electrons. The number of aliphatic carboxylic acids is 1. The minimum atomic E-state index is -0.701. The summed E-state index contributed by atoms with van der Waals surface area (Å²) >= 11 is 0. The van der Waals surface area contributed by atoms with Gasteiger partial charge in [0.25, 0.3) is 0 Å². The SMILES string of the molecule is O=C(O)C1(Cc2cnc3ccnn3c2)CC1. The van der Waals surface area contributed by atoms with Crippen molar-refractivity contribution in [2.24, 2.45) is 5.41 Å². The van der Waals surface area contributed by atoms with Crippen molar-refractivity contribution < 1.29 is 9.90 Å². The predicted molar refractivity (Wildman–Crippen MR) is 56.0 cm³/mol. The van der Waals surface area contributed by atoms with Gasteiger partial charge in [-0.05, 0) is 24.8 Å². The molecule has 5 heteroatoms. The van der Waals surface area contributed by atoms with Gasteiger partial charge in [0.05, 0.1) is 11.6 Å². The maximum Gasteiger partial charge on any atom is 0.309 e. The molecule has 1 aliphatic carbocycles. The van der Waals surface area contributed by atoms with Crippen molar-refractivity contribution in [3.63, 3.8) is 0 Å². The fourth-order valence-electron chi connectivity index (χ4n) is 1.95. The lowest BCUT2D eigenvalue weighted by Gasteiger charge is -2.08. The summed E-state index contributed by atoms with van der Waals surface area (Å²) in [6.45, 7) is 0. The first-order valence-electron chi connectivity index (χ1n) is 5.21. The fraction of sp³-hybridized carbons (Fsp3) is 0.364. The van der Waals surface area contributed by atoms with Crippen LogP contribution in [0.5, 0.6) is 0 Å². The van der Waals surface area contributed by atoms with Crippen molar-refractivity contribution in [2.45, 2.75) is 19.3 Å². The number of carboxylic acids is 1. The van der Waals surface area contributed by atoms with E-state index in [-0.39, 0.29) is 0 Å². The first-order chi connectivity index (χ1) is 7.70. The Labute approximate surface area is 91.7 Å². The number of fused-ring (bicyclic) bond motifs is 1. The summed E-state index contributed by atoms with van der Waals surface area (Å²) in [6.07, 6.45) is 7.34. The molecule has 0 aromatic carbocycles. The third-order valence-electron chi connectivity index (χ3n) is 3.15. The Morgan fingerprint density at radius 3 is 3.06 bits per heavy atom. The molecule has 5 nitrogen and oxygen atoms in total. The Morgan fingerprint density at radius 1 is 1.56 bits per heavy atom. The molecule has 0 amide bonds. The van der Waals surface area contributed by atoms with Crippen LogP contribution in [0.25, 0.3) is 5.65 Å². The van der Waals surface area contributed by atoms with Crippen LogP contribution < -0.4 is 0 Å². The van der Waals surface area contributed by atoms with Gasteiger partial charge < -0.3 is 5.11 Å². The molecule has 2 aromatic rings. The summed E-state index contributed by atoms with van der Waals surface area (Å²) in [6, 6.07) is 1.81. The van der Waals surface area contributed by atoms with Crippen LogP contribution in [-0.2, 0) is 11.2 Å². The van der Waals surface area contributed by atoms with Gasteiger partial charge in [0.2, 0.25) is 0 Å². The molecule has 0 radical (unpaired) electrons. The average molecular weight is 217 g/mol. The molecule has 1 aliphatic rings. The first-order valence-corrected chi connectivity index (χ1v) is 5.21. The van der Waals surface area contributed by atoms with E-state index in [0.717, 1.165) is 24.1 Å². The molecule has 1 N–H and O–H groups in total. The Bertz CT molecular complexity index is 557. The van der Waals surface area contributed by atoms with Crippen LogP contribution in [0.4, 0.5) is 0 Å². The van der Waals surface area contributed by atoms with Crippen LogP contribution in [0.15, 0.2) is 24.7 Å². The van der Waals surface area contributed by atoms with Crippen LogP contribution in [0.3, 0.4) is 0 Å². The first kappa shape index (κ1) is 9.33. The summed E-state index contributed by atoms with van der Waals surface area (Å²) in [5, 5.41) is 13.2. The van der Waals surface area contributed by atoms with Gasteiger partial charge in [-0.3, -0.25) is 4.79 Å². The monoisotopic (exact) mass is 217 g/mol. The van der Waals surface area contributed by atoms with Gasteiger partial charge in [-0.1, -0.05) is 0 Å². The van der Waals surface area contributed by atoms with E-state index in [4.69, 9.17) is 5.11 Å². The van der Waals surface area contributed by atoms with E-state index in [2.05, 4.69) is 10.1 Å². The highest BCUT2D eigenvalue weighted by atomic mass is 16.4. The molecular formula is C11H11N3O2. The molecular weight excluding hydrogens is 206 g/mol. The number of carboxylic acid groups (broad SMARTS) is 1. The van der Waals surface area contributed by atoms with E-state index in [1.165, 1.54) is 0 Å². The fourth-order valence-corrected chi connectivity index (χ4v) is 1.95. The minimum absolute atomic E-state index is 0.539. The topological polar surface area (TPSA) is 67.5 Å². The molecule has 0 bridgehead atoms. The number of carbonyl (C=O) groups is 1. The van der Waals surface area contributed by atoms with Gasteiger partial charge in [0.1, 0.15) is 0 Å². The van der Waals surface area contributed by atoms with Gasteiger partial charge in [0, 0.05) is 18.5 Å². The molecule has 3 rings (SSSR count). The predicted octanol–water partition coefficient (Wildman–Crippen LogP) is 1.14. The van der Waals surface area contributed by atoms with Crippen molar-refractivity contribution in [1.82, 2.24) is 14.6 Å². The Kier molecular flexibility index (Phi) is 1.77. The Morgan fingerprint density at radius 2 is 2.38 bits per heavy atom. The van der Waals surface area contributed by atoms with E-state index in [0.29, 0.717) is 6.42 Å². The third-order valence-corrected chi connectivity index (χ3v) is 3.15. The number of aromatic nitrogens is 3. The average Bonchev–Trinajstić information content (AvgIpc) is 2.90. The van der Waals surface area contributed by atoms with Crippen molar-refractivity contribution >= 4 is 11.6 Å². The van der Waals surface area contributed by atoms with Gasteiger partial charge in [0.15, 0.2) is 5.65 Å². The molecule has 0 atom stereocenters. The highest BCUT2D eigenvalue weighted by Crippen LogP contribution is 2.48. The second kappa shape index (κ2) is 3.04. The molecule has 0 saturated heterocycles. The van der Waals surface area contributed by atoms with Crippen molar-refractivity contribution in [3.05, 3.63) is 30.2 Å². The smallest absolute Gasteiger partial charge is 0.309 e. The minimum Gasteiger partial charge on any atom is -0.481 e. The normalized spacial score (nSPS) is 17.5. The lowest BCUT2D eigenvalue weighted by atomic mass is 9.99. The Balaban J connectivity index is 1.92. The van der Waals surface area contributed by atoms with Crippen molar-refractivity contribution in [1.29, 1.82) is 0 Å². The van der Waals surface area contributed by atoms with E-state index in [1.807, 2.05) is 12.3 Å². The largest absolute Gasteiger partial charge is 0.481 e. The van der Waals surface area contributed by atoms with E-state index in [9.17, 15) is 4.79 Å². The lowest BCUT2D eigenvalue weighted by Crippen LogP contribution is -2.17. The van der Waals surface area contributed by atoms with Crippen LogP contribution in [0, 0.1) is 5.41 Å². The van der Waals surface area contributed by atoms with Crippen molar-refractivity contribution in [2.75, 3.05) is 0 Å². The zero-order valence-electron chi connectivity index (χ0n) is 8.63. The molecule has 0 spiro atoms. The van der Waals surface area contributed by atoms with Crippen molar-refractivity contribution in [3.8, 4) is 0 Å². The number of hydrogen-bond acceptors (Lipinski definition) is 3. The number of hydrogen-bond donors (Lipinski definition) is 1. The van der Waals surface area contributed by atoms with E-state index >= 15 is 0 Å². The highest BCUT2D eigenvalue weighted by Gasteiger charge is 2.50. The zero-order chi connectivity index (χ0) is 11.2. The highest BCUT2D eigenvalue weighted by molar-refractivity contribution is 5.78. The lowest BCUT2D eigenvalue weighted by molar-refractivity contribution is -0.143. The van der Waals surface area contributed by atoms with Gasteiger partial charge >= 0.3 is 5.97 Å². The molecule has 1 saturated carbocycles. The molecule has 2 aromatic heterocycles. The van der Waals surface area contributed by atoms with Crippen LogP contribution in [0.1, 0.15) is 18.4 Å². The maximum atomic E-state index is 11.1. The van der Waals surface area contributed by atoms with Crippen LogP contribution >= 0.6 is 0 Å². The standard InChI is InChI=1S/C11H11N3O2/c15-10(16)11(2-3-11)5-8-6-12-9-1-4-13-14(9)7-8/h1,4,6-7H,2-3,5H2,(H,15,16). The molecule has 0 unspecified atom stereocenters. The summed E-state index contributed by atoms with van der Waals surface area (Å²) in [5.41, 5.74) is 1.17. The summed E-state index contributed by atoms with van der Waals surface area (Å²) < 4.78 is 1.67. The van der Waals surface area contributed by atoms with Crippen LogP contribution in [0.2, 0.25) is 0 Å². The van der Waals surface area contributed by atoms with E-state index < -0.39 is 11.4 Å². The zero-order valence-corrected chi connectivity index (χ0v) is 8.63.